The molecule has 0 amide bonds. The largest absolute Gasteiger partial charge is 0.416 e. The van der Waals surface area contributed by atoms with E-state index in [9.17, 15) is 0 Å². The van der Waals surface area contributed by atoms with E-state index in [0.29, 0.717) is 23.6 Å². The van der Waals surface area contributed by atoms with E-state index in [4.69, 9.17) is 15.3 Å². The van der Waals surface area contributed by atoms with Gasteiger partial charge in [-0.15, -0.1) is 26.8 Å². The van der Waals surface area contributed by atoms with Crippen molar-refractivity contribution in [3.05, 3.63) is 187 Å². The number of terminal acetylenes is 1. The maximum absolute atomic E-state index is 6.10. The second-order valence-electron chi connectivity index (χ2n) is 17.8. The molecule has 0 aliphatic rings. The van der Waals surface area contributed by atoms with Gasteiger partial charge in [0.1, 0.15) is 0 Å². The fourth-order valence-electron chi connectivity index (χ4n) is 7.51. The molecule has 0 radical (unpaired) electrons. The first-order chi connectivity index (χ1) is 30.4. The second-order valence-corrected chi connectivity index (χ2v) is 17.8. The predicted octanol–water partition coefficient (Wildman–Crippen LogP) is 14.5. The molecule has 308 valence electrons. The molecule has 0 bridgehead atoms. The summed E-state index contributed by atoms with van der Waals surface area (Å²) in [4.78, 5) is 2.23. The summed E-state index contributed by atoms with van der Waals surface area (Å²) in [5.74, 6) is 4.71. The monoisotopic (exact) mass is 821 g/mol. The van der Waals surface area contributed by atoms with Gasteiger partial charge < -0.3 is 13.7 Å². The Balaban J connectivity index is 0.916. The lowest BCUT2D eigenvalue weighted by Crippen LogP contribution is -2.10. The second kappa shape index (κ2) is 16.6. The molecule has 0 aliphatic carbocycles. The maximum Gasteiger partial charge on any atom is 0.248 e. The topological polar surface area (TPSA) is 81.1 Å². The highest BCUT2D eigenvalue weighted by Crippen LogP contribution is 2.38. The number of anilines is 3. The number of hydrogen-bond acceptors (Lipinski definition) is 7. The van der Waals surface area contributed by atoms with E-state index >= 15 is 0 Å². The van der Waals surface area contributed by atoms with Gasteiger partial charge in [0.25, 0.3) is 0 Å². The van der Waals surface area contributed by atoms with Crippen LogP contribution in [0.25, 0.3) is 68.1 Å². The summed E-state index contributed by atoms with van der Waals surface area (Å²) in [5.41, 5.74) is 14.4. The third kappa shape index (κ3) is 8.70. The summed E-state index contributed by atoms with van der Waals surface area (Å²) in [6, 6.07) is 58.2. The summed E-state index contributed by atoms with van der Waals surface area (Å²) >= 11 is 0. The van der Waals surface area contributed by atoms with Gasteiger partial charge in [-0.2, -0.15) is 0 Å². The lowest BCUT2D eigenvalue weighted by molar-refractivity contribution is 0.582. The average Bonchev–Trinajstić information content (AvgIpc) is 4.02. The zero-order chi connectivity index (χ0) is 43.7. The predicted molar refractivity (Wildman–Crippen MR) is 255 cm³/mol. The molecule has 0 atom stereocenters. The minimum absolute atomic E-state index is 0.0728. The molecule has 2 aromatic heterocycles. The first kappa shape index (κ1) is 40.6. The van der Waals surface area contributed by atoms with Crippen LogP contribution < -0.4 is 4.90 Å². The fraction of sp³-hybridized carbons (Fsp3) is 0.143. The van der Waals surface area contributed by atoms with E-state index in [0.717, 1.165) is 67.1 Å². The first-order valence-corrected chi connectivity index (χ1v) is 21.1. The minimum atomic E-state index is 0.0728. The van der Waals surface area contributed by atoms with E-state index in [1.54, 1.807) is 0 Å². The van der Waals surface area contributed by atoms with Crippen LogP contribution in [-0.2, 0) is 10.8 Å². The van der Waals surface area contributed by atoms with Gasteiger partial charge in [0.15, 0.2) is 0 Å². The van der Waals surface area contributed by atoms with Crippen molar-refractivity contribution in [1.82, 2.24) is 20.4 Å². The molecule has 0 fully saturated rings. The van der Waals surface area contributed by atoms with Crippen molar-refractivity contribution in [2.24, 2.45) is 0 Å². The summed E-state index contributed by atoms with van der Waals surface area (Å²) in [5, 5.41) is 17.4. The molecule has 7 nitrogen and oxygen atoms in total. The first-order valence-electron chi connectivity index (χ1n) is 21.1. The van der Waals surface area contributed by atoms with Crippen LogP contribution in [0, 0.1) is 12.3 Å². The Hall–Kier alpha value is -7.82. The van der Waals surface area contributed by atoms with E-state index in [1.165, 1.54) is 11.1 Å². The molecule has 0 spiro atoms. The lowest BCUT2D eigenvalue weighted by atomic mass is 9.87. The van der Waals surface area contributed by atoms with Crippen LogP contribution in [-0.4, -0.2) is 20.4 Å². The average molecular weight is 822 g/mol. The van der Waals surface area contributed by atoms with Crippen LogP contribution in [0.2, 0.25) is 0 Å². The van der Waals surface area contributed by atoms with E-state index in [2.05, 4.69) is 182 Å². The number of nitrogens with zero attached hydrogens (tertiary/aromatic N) is 5. The standard InChI is InChI=1S/C56H47N5O2/c1-8-37-9-31-48(32-10-37)61(49-33-23-40(24-34-49)38-11-15-42(16-12-38)51-57-59-53(62-51)44-19-27-46(28-20-44)55(2,3)4)50-35-25-41(26-36-50)39-13-17-43(18-14-39)52-58-60-54(63-52)45-21-29-47(30-22-45)56(5,6)7/h1,9-36H,2-7H3. The third-order valence-corrected chi connectivity index (χ3v) is 11.3. The number of benzene rings is 7. The van der Waals surface area contributed by atoms with Gasteiger partial charge in [0, 0.05) is 44.9 Å². The van der Waals surface area contributed by atoms with Crippen LogP contribution in [0.1, 0.15) is 58.2 Å². The smallest absolute Gasteiger partial charge is 0.248 e. The summed E-state index contributed by atoms with van der Waals surface area (Å²) in [6.07, 6.45) is 5.72. The zero-order valence-electron chi connectivity index (χ0n) is 36.3. The Morgan fingerprint density at radius 3 is 0.857 bits per heavy atom. The van der Waals surface area contributed by atoms with Gasteiger partial charge in [0.2, 0.25) is 23.6 Å². The molecule has 0 aliphatic heterocycles. The lowest BCUT2D eigenvalue weighted by Gasteiger charge is -2.26. The van der Waals surface area contributed by atoms with Crippen molar-refractivity contribution in [1.29, 1.82) is 0 Å². The van der Waals surface area contributed by atoms with Crippen molar-refractivity contribution in [3.8, 4) is 80.4 Å². The highest BCUT2D eigenvalue weighted by Gasteiger charge is 2.18. The van der Waals surface area contributed by atoms with Crippen LogP contribution in [0.4, 0.5) is 17.1 Å². The minimum Gasteiger partial charge on any atom is -0.416 e. The fourth-order valence-corrected chi connectivity index (χ4v) is 7.51. The molecular weight excluding hydrogens is 775 g/mol. The molecule has 2 heterocycles. The number of rotatable bonds is 9. The van der Waals surface area contributed by atoms with Crippen LogP contribution in [0.3, 0.4) is 0 Å². The van der Waals surface area contributed by atoms with Crippen molar-refractivity contribution in [2.45, 2.75) is 52.4 Å². The molecule has 63 heavy (non-hydrogen) atoms. The van der Waals surface area contributed by atoms with Gasteiger partial charge in [-0.05, 0) is 141 Å². The Kier molecular flexibility index (Phi) is 10.7. The van der Waals surface area contributed by atoms with Crippen LogP contribution in [0.5, 0.6) is 0 Å². The zero-order valence-corrected chi connectivity index (χ0v) is 36.3. The molecule has 9 rings (SSSR count). The summed E-state index contributed by atoms with van der Waals surface area (Å²) < 4.78 is 12.2. The Labute approximate surface area is 369 Å². The van der Waals surface area contributed by atoms with Gasteiger partial charge >= 0.3 is 0 Å². The van der Waals surface area contributed by atoms with Crippen molar-refractivity contribution < 1.29 is 8.83 Å². The van der Waals surface area contributed by atoms with E-state index in [1.807, 2.05) is 60.7 Å². The van der Waals surface area contributed by atoms with Crippen molar-refractivity contribution >= 4 is 17.1 Å². The van der Waals surface area contributed by atoms with Crippen LogP contribution >= 0.6 is 0 Å². The number of aromatic nitrogens is 4. The van der Waals surface area contributed by atoms with Crippen molar-refractivity contribution in [3.63, 3.8) is 0 Å². The quantitative estimate of drug-likeness (QED) is 0.134. The van der Waals surface area contributed by atoms with Crippen molar-refractivity contribution in [2.75, 3.05) is 4.90 Å². The Bertz CT molecular complexity index is 2830. The Morgan fingerprint density at radius 2 is 0.587 bits per heavy atom. The SMILES string of the molecule is C#Cc1ccc(N(c2ccc(-c3ccc(-c4nnc(-c5ccc(C(C)(C)C)cc5)o4)cc3)cc2)c2ccc(-c3ccc(-c4nnc(-c5ccc(C(C)(C)C)cc5)o4)cc3)cc2)cc1. The van der Waals surface area contributed by atoms with E-state index < -0.39 is 0 Å². The summed E-state index contributed by atoms with van der Waals surface area (Å²) in [6.45, 7) is 13.2. The molecule has 7 aromatic carbocycles. The maximum atomic E-state index is 6.10. The number of hydrogen-bond donors (Lipinski definition) is 0. The highest BCUT2D eigenvalue weighted by molar-refractivity contribution is 5.80. The molecule has 9 aromatic rings. The highest BCUT2D eigenvalue weighted by atomic mass is 16.4. The molecule has 0 N–H and O–H groups in total. The summed E-state index contributed by atoms with van der Waals surface area (Å²) in [7, 11) is 0. The van der Waals surface area contributed by atoms with E-state index in [-0.39, 0.29) is 10.8 Å². The molecule has 0 saturated heterocycles. The Morgan fingerprint density at radius 1 is 0.349 bits per heavy atom. The normalized spacial score (nSPS) is 11.6. The van der Waals surface area contributed by atoms with Gasteiger partial charge in [-0.1, -0.05) is 120 Å². The molecule has 7 heteroatoms. The van der Waals surface area contributed by atoms with Gasteiger partial charge in [0.05, 0.1) is 0 Å². The molecule has 0 unspecified atom stereocenters. The van der Waals surface area contributed by atoms with Gasteiger partial charge in [-0.3, -0.25) is 0 Å². The van der Waals surface area contributed by atoms with Gasteiger partial charge in [-0.25, -0.2) is 0 Å². The molecule has 0 saturated carbocycles. The third-order valence-electron chi connectivity index (χ3n) is 11.3. The van der Waals surface area contributed by atoms with Crippen LogP contribution in [0.15, 0.2) is 179 Å². The molecular formula is C56H47N5O2.